The maximum atomic E-state index is 13.6. The fourth-order valence-electron chi connectivity index (χ4n) is 2.85. The number of hydrogen-bond donors (Lipinski definition) is 2. The predicted molar refractivity (Wildman–Crippen MR) is 104 cm³/mol. The molecule has 28 heavy (non-hydrogen) atoms. The number of hydrogen-bond acceptors (Lipinski definition) is 4. The van der Waals surface area contributed by atoms with Crippen molar-refractivity contribution in [2.24, 2.45) is 0 Å². The minimum absolute atomic E-state index is 0.0629. The third-order valence-electron chi connectivity index (χ3n) is 4.30. The van der Waals surface area contributed by atoms with Crippen LogP contribution in [0.1, 0.15) is 24.1 Å². The van der Waals surface area contributed by atoms with Crippen LogP contribution in [0.25, 0.3) is 0 Å². The zero-order valence-electron chi connectivity index (χ0n) is 15.2. The number of halogens is 2. The number of methoxy groups -OCH3 is 1. The molecule has 1 aliphatic heterocycles. The van der Waals surface area contributed by atoms with Gasteiger partial charge in [0.05, 0.1) is 23.2 Å². The molecule has 2 aromatic rings. The molecular formula is C20H18BrFN2O4. The molecule has 8 heteroatoms. The van der Waals surface area contributed by atoms with Gasteiger partial charge < -0.3 is 20.1 Å². The molecule has 2 aromatic carbocycles. The third-order valence-corrected chi connectivity index (χ3v) is 4.90. The molecule has 0 spiro atoms. The van der Waals surface area contributed by atoms with Crippen LogP contribution in [0.15, 0.2) is 58.2 Å². The fourth-order valence-corrected chi connectivity index (χ4v) is 3.25. The number of carbonyl (C=O) groups is 2. The fraction of sp³-hybridized carbons (Fsp3) is 0.200. The van der Waals surface area contributed by atoms with E-state index in [4.69, 9.17) is 9.47 Å². The van der Waals surface area contributed by atoms with Gasteiger partial charge in [0.2, 0.25) is 0 Å². The van der Waals surface area contributed by atoms with E-state index in [2.05, 4.69) is 26.6 Å². The molecule has 0 unspecified atom stereocenters. The Hall–Kier alpha value is -2.87. The summed E-state index contributed by atoms with van der Waals surface area (Å²) in [5.74, 6) is -0.311. The molecule has 0 fully saturated rings. The molecular weight excluding hydrogens is 431 g/mol. The van der Waals surface area contributed by atoms with Gasteiger partial charge in [-0.3, -0.25) is 0 Å². The molecule has 0 saturated heterocycles. The smallest absolute Gasteiger partial charge is 0.338 e. The van der Waals surface area contributed by atoms with Crippen LogP contribution < -0.4 is 15.4 Å². The van der Waals surface area contributed by atoms with E-state index >= 15 is 0 Å². The van der Waals surface area contributed by atoms with Crippen molar-refractivity contribution in [1.29, 1.82) is 0 Å². The van der Waals surface area contributed by atoms with Crippen molar-refractivity contribution >= 4 is 27.9 Å². The van der Waals surface area contributed by atoms with E-state index in [-0.39, 0.29) is 16.7 Å². The highest BCUT2D eigenvalue weighted by atomic mass is 79.9. The van der Waals surface area contributed by atoms with Crippen molar-refractivity contribution in [2.45, 2.75) is 19.6 Å². The Balaban J connectivity index is 1.82. The second-order valence-electron chi connectivity index (χ2n) is 6.17. The first-order chi connectivity index (χ1) is 13.4. The zero-order valence-corrected chi connectivity index (χ0v) is 16.8. The lowest BCUT2D eigenvalue weighted by atomic mass is 9.95. The molecule has 1 aliphatic rings. The van der Waals surface area contributed by atoms with E-state index < -0.39 is 23.9 Å². The number of urea groups is 1. The lowest BCUT2D eigenvalue weighted by Gasteiger charge is -2.28. The van der Waals surface area contributed by atoms with E-state index in [9.17, 15) is 14.0 Å². The van der Waals surface area contributed by atoms with Crippen LogP contribution in [0.4, 0.5) is 9.18 Å². The SMILES string of the molecule is COc1ccc(COC(=O)C2=C(C)NC(=O)N[C@@H]2c2ccc(F)c(Br)c2)cc1. The van der Waals surface area contributed by atoms with Crippen LogP contribution in [-0.4, -0.2) is 19.1 Å². The zero-order chi connectivity index (χ0) is 20.3. The van der Waals surface area contributed by atoms with Gasteiger partial charge in [-0.1, -0.05) is 18.2 Å². The number of nitrogens with one attached hydrogen (secondary N) is 2. The highest BCUT2D eigenvalue weighted by Gasteiger charge is 2.32. The molecule has 2 N–H and O–H groups in total. The van der Waals surface area contributed by atoms with Crippen LogP contribution in [0.3, 0.4) is 0 Å². The van der Waals surface area contributed by atoms with E-state index in [0.29, 0.717) is 17.0 Å². The van der Waals surface area contributed by atoms with E-state index in [1.165, 1.54) is 18.2 Å². The normalized spacial score (nSPS) is 16.3. The topological polar surface area (TPSA) is 76.7 Å². The first-order valence-corrected chi connectivity index (χ1v) is 9.21. The monoisotopic (exact) mass is 448 g/mol. The van der Waals surface area contributed by atoms with Crippen molar-refractivity contribution in [3.8, 4) is 5.75 Å². The predicted octanol–water partition coefficient (Wildman–Crippen LogP) is 3.97. The molecule has 6 nitrogen and oxygen atoms in total. The number of allylic oxidation sites excluding steroid dienone is 1. The summed E-state index contributed by atoms with van der Waals surface area (Å²) in [7, 11) is 1.57. The van der Waals surface area contributed by atoms with Gasteiger partial charge in [0.15, 0.2) is 0 Å². The van der Waals surface area contributed by atoms with Crippen molar-refractivity contribution in [2.75, 3.05) is 7.11 Å². The van der Waals surface area contributed by atoms with Crippen molar-refractivity contribution in [1.82, 2.24) is 10.6 Å². The number of carbonyl (C=O) groups excluding carboxylic acids is 2. The second-order valence-corrected chi connectivity index (χ2v) is 7.02. The first kappa shape index (κ1) is 19.9. The van der Waals surface area contributed by atoms with Crippen molar-refractivity contribution < 1.29 is 23.5 Å². The van der Waals surface area contributed by atoms with Crippen LogP contribution >= 0.6 is 15.9 Å². The lowest BCUT2D eigenvalue weighted by molar-refractivity contribution is -0.140. The largest absolute Gasteiger partial charge is 0.497 e. The van der Waals surface area contributed by atoms with E-state index in [1.54, 1.807) is 38.3 Å². The quantitative estimate of drug-likeness (QED) is 0.678. The van der Waals surface area contributed by atoms with Crippen molar-refractivity contribution in [3.63, 3.8) is 0 Å². The van der Waals surface area contributed by atoms with Gasteiger partial charge in [-0.25, -0.2) is 14.0 Å². The minimum Gasteiger partial charge on any atom is -0.497 e. The summed E-state index contributed by atoms with van der Waals surface area (Å²) in [6, 6.07) is 10.2. The van der Waals surface area contributed by atoms with E-state index in [1.807, 2.05) is 0 Å². The average Bonchev–Trinajstić information content (AvgIpc) is 2.68. The molecule has 0 saturated carbocycles. The van der Waals surface area contributed by atoms with E-state index in [0.717, 1.165) is 5.56 Å². The third kappa shape index (κ3) is 4.33. The molecule has 2 amide bonds. The highest BCUT2D eigenvalue weighted by Crippen LogP contribution is 2.30. The summed E-state index contributed by atoms with van der Waals surface area (Å²) in [6.07, 6.45) is 0. The minimum atomic E-state index is -0.756. The van der Waals surface area contributed by atoms with Gasteiger partial charge in [-0.2, -0.15) is 0 Å². The van der Waals surface area contributed by atoms with Gasteiger partial charge in [0.1, 0.15) is 18.2 Å². The van der Waals surface area contributed by atoms with Crippen LogP contribution in [0, 0.1) is 5.82 Å². The van der Waals surface area contributed by atoms with Gasteiger partial charge in [0.25, 0.3) is 0 Å². The Kier molecular flexibility index (Phi) is 5.99. The van der Waals surface area contributed by atoms with Crippen LogP contribution in [0.2, 0.25) is 0 Å². The summed E-state index contributed by atoms with van der Waals surface area (Å²) >= 11 is 3.13. The summed E-state index contributed by atoms with van der Waals surface area (Å²) in [5.41, 5.74) is 1.99. The lowest BCUT2D eigenvalue weighted by Crippen LogP contribution is -2.45. The van der Waals surface area contributed by atoms with Gasteiger partial charge in [-0.15, -0.1) is 0 Å². The van der Waals surface area contributed by atoms with Crippen molar-refractivity contribution in [3.05, 3.63) is 75.2 Å². The maximum absolute atomic E-state index is 13.6. The number of rotatable bonds is 5. The Morgan fingerprint density at radius 3 is 2.57 bits per heavy atom. The Bertz CT molecular complexity index is 944. The Labute approximate surface area is 169 Å². The Morgan fingerprint density at radius 2 is 1.93 bits per heavy atom. The van der Waals surface area contributed by atoms with Gasteiger partial charge in [0, 0.05) is 5.70 Å². The van der Waals surface area contributed by atoms with Crippen LogP contribution in [-0.2, 0) is 16.1 Å². The molecule has 1 heterocycles. The standard InChI is InChI=1S/C20H18BrFN2O4/c1-11-17(19(25)28-10-12-3-6-14(27-2)7-4-12)18(24-20(26)23-11)13-5-8-16(22)15(21)9-13/h3-9,18H,10H2,1-2H3,(H2,23,24,26)/t18-/m1/s1. The number of benzene rings is 2. The molecule has 0 radical (unpaired) electrons. The summed E-state index contributed by atoms with van der Waals surface area (Å²) in [5, 5.41) is 5.26. The number of amides is 2. The Morgan fingerprint density at radius 1 is 1.21 bits per heavy atom. The van der Waals surface area contributed by atoms with Gasteiger partial charge in [-0.05, 0) is 58.2 Å². The molecule has 3 rings (SSSR count). The number of ether oxygens (including phenoxy) is 2. The average molecular weight is 449 g/mol. The van der Waals surface area contributed by atoms with Gasteiger partial charge >= 0.3 is 12.0 Å². The molecule has 1 atom stereocenters. The van der Waals surface area contributed by atoms with Crippen LogP contribution in [0.5, 0.6) is 5.75 Å². The number of esters is 1. The molecule has 0 bridgehead atoms. The maximum Gasteiger partial charge on any atom is 0.338 e. The summed E-state index contributed by atoms with van der Waals surface area (Å²) in [6.45, 7) is 1.68. The first-order valence-electron chi connectivity index (χ1n) is 8.42. The second kappa shape index (κ2) is 8.43. The molecule has 146 valence electrons. The summed E-state index contributed by atoms with van der Waals surface area (Å²) < 4.78 is 24.4. The molecule has 0 aromatic heterocycles. The summed E-state index contributed by atoms with van der Waals surface area (Å²) in [4.78, 5) is 24.7. The highest BCUT2D eigenvalue weighted by molar-refractivity contribution is 9.10. The molecule has 0 aliphatic carbocycles.